The molecular weight excluding hydrogens is 160 g/mol. The van der Waals surface area contributed by atoms with Crippen LogP contribution in [0.2, 0.25) is 0 Å². The fraction of sp³-hybridized carbons (Fsp3) is 0.273. The molecule has 0 unspecified atom stereocenters. The van der Waals surface area contributed by atoms with Crippen molar-refractivity contribution in [1.82, 2.24) is 9.88 Å². The molecule has 1 radical (unpaired) electrons. The molecule has 3 rings (SSSR count). The summed E-state index contributed by atoms with van der Waals surface area (Å²) in [5.74, 6) is 0. The van der Waals surface area contributed by atoms with Gasteiger partial charge in [0.2, 0.25) is 0 Å². The Morgan fingerprint density at radius 2 is 2.23 bits per heavy atom. The lowest BCUT2D eigenvalue weighted by Crippen LogP contribution is -2.27. The molecule has 2 nitrogen and oxygen atoms in total. The van der Waals surface area contributed by atoms with E-state index in [-0.39, 0.29) is 0 Å². The van der Waals surface area contributed by atoms with E-state index in [1.807, 2.05) is 0 Å². The van der Waals surface area contributed by atoms with Crippen molar-refractivity contribution in [3.05, 3.63) is 36.0 Å². The number of aromatic nitrogens is 1. The van der Waals surface area contributed by atoms with Crippen molar-refractivity contribution in [2.75, 3.05) is 6.54 Å². The highest BCUT2D eigenvalue weighted by molar-refractivity contribution is 5.80. The third-order valence-electron chi connectivity index (χ3n) is 2.60. The standard InChI is InChI=1S/C11H11N2/c1-2-4-11-9(3-1)7-10-8-12-5-6-13(10)11/h1-4,12H,5-6,8H2. The van der Waals surface area contributed by atoms with Crippen LogP contribution in [0.5, 0.6) is 0 Å². The summed E-state index contributed by atoms with van der Waals surface area (Å²) in [6, 6.07) is 11.9. The minimum atomic E-state index is 0.953. The molecule has 0 spiro atoms. The first-order valence-electron chi connectivity index (χ1n) is 4.65. The van der Waals surface area contributed by atoms with E-state index >= 15 is 0 Å². The van der Waals surface area contributed by atoms with Crippen LogP contribution in [0.25, 0.3) is 10.9 Å². The van der Waals surface area contributed by atoms with Crippen molar-refractivity contribution < 1.29 is 0 Å². The first-order chi connectivity index (χ1) is 6.45. The average Bonchev–Trinajstić information content (AvgIpc) is 2.56. The maximum atomic E-state index is 3.42. The summed E-state index contributed by atoms with van der Waals surface area (Å²) in [5, 5.41) is 4.59. The Morgan fingerprint density at radius 3 is 3.23 bits per heavy atom. The predicted octanol–water partition coefficient (Wildman–Crippen LogP) is 1.54. The predicted molar refractivity (Wildman–Crippen MR) is 52.5 cm³/mol. The van der Waals surface area contributed by atoms with Crippen LogP contribution in [-0.4, -0.2) is 11.1 Å². The van der Waals surface area contributed by atoms with Gasteiger partial charge in [0.05, 0.1) is 0 Å². The lowest BCUT2D eigenvalue weighted by Gasteiger charge is -2.16. The molecule has 1 aromatic carbocycles. The number of nitrogens with zero attached hydrogens (tertiary/aromatic N) is 1. The molecule has 0 fully saturated rings. The van der Waals surface area contributed by atoms with Gasteiger partial charge in [0.1, 0.15) is 0 Å². The van der Waals surface area contributed by atoms with Crippen molar-refractivity contribution in [2.24, 2.45) is 0 Å². The van der Waals surface area contributed by atoms with Crippen LogP contribution in [-0.2, 0) is 13.1 Å². The van der Waals surface area contributed by atoms with E-state index < -0.39 is 0 Å². The van der Waals surface area contributed by atoms with Gasteiger partial charge in [0.15, 0.2) is 0 Å². The Bertz CT molecular complexity index is 442. The van der Waals surface area contributed by atoms with Crippen LogP contribution < -0.4 is 5.32 Å². The molecular formula is C11H11N2. The highest BCUT2D eigenvalue weighted by Gasteiger charge is 2.11. The number of benzene rings is 1. The van der Waals surface area contributed by atoms with Gasteiger partial charge >= 0.3 is 0 Å². The highest BCUT2D eigenvalue weighted by Crippen LogP contribution is 2.20. The van der Waals surface area contributed by atoms with Gasteiger partial charge in [0, 0.05) is 42.3 Å². The molecule has 1 N–H and O–H groups in total. The number of para-hydroxylation sites is 1. The first kappa shape index (κ1) is 7.15. The SMILES string of the molecule is [c]1c2n(c3ccccc13)CCNC2. The largest absolute Gasteiger partial charge is 0.341 e. The van der Waals surface area contributed by atoms with Gasteiger partial charge in [-0.25, -0.2) is 0 Å². The summed E-state index contributed by atoms with van der Waals surface area (Å²) in [6.07, 6.45) is 0. The Morgan fingerprint density at radius 1 is 1.31 bits per heavy atom. The number of rotatable bonds is 0. The molecule has 0 atom stereocenters. The smallest absolute Gasteiger partial charge is 0.0489 e. The molecule has 2 aromatic rings. The molecule has 2 heteroatoms. The van der Waals surface area contributed by atoms with Crippen LogP contribution in [0, 0.1) is 6.07 Å². The summed E-state index contributed by atoms with van der Waals surface area (Å²) < 4.78 is 2.35. The summed E-state index contributed by atoms with van der Waals surface area (Å²) in [5.41, 5.74) is 2.60. The molecule has 0 amide bonds. The zero-order chi connectivity index (χ0) is 8.67. The van der Waals surface area contributed by atoms with Crippen LogP contribution in [0.4, 0.5) is 0 Å². The van der Waals surface area contributed by atoms with Gasteiger partial charge in [-0.15, -0.1) is 0 Å². The van der Waals surface area contributed by atoms with Crippen molar-refractivity contribution in [1.29, 1.82) is 0 Å². The van der Waals surface area contributed by atoms with Gasteiger partial charge < -0.3 is 9.88 Å². The molecule has 2 heterocycles. The second kappa shape index (κ2) is 2.60. The molecule has 0 bridgehead atoms. The molecule has 0 aliphatic carbocycles. The van der Waals surface area contributed by atoms with Gasteiger partial charge in [-0.3, -0.25) is 0 Å². The highest BCUT2D eigenvalue weighted by atomic mass is 15.1. The minimum Gasteiger partial charge on any atom is -0.341 e. The topological polar surface area (TPSA) is 17.0 Å². The lowest BCUT2D eigenvalue weighted by molar-refractivity contribution is 0.526. The van der Waals surface area contributed by atoms with E-state index in [1.54, 1.807) is 0 Å². The molecule has 1 aliphatic heterocycles. The van der Waals surface area contributed by atoms with Crippen LogP contribution in [0.3, 0.4) is 0 Å². The van der Waals surface area contributed by atoms with Gasteiger partial charge in [0.25, 0.3) is 0 Å². The van der Waals surface area contributed by atoms with Crippen LogP contribution >= 0.6 is 0 Å². The number of nitrogens with one attached hydrogen (secondary N) is 1. The number of hydrogen-bond acceptors (Lipinski definition) is 1. The monoisotopic (exact) mass is 171 g/mol. The Labute approximate surface area is 77.2 Å². The Hall–Kier alpha value is -1.28. The first-order valence-corrected chi connectivity index (χ1v) is 4.65. The second-order valence-electron chi connectivity index (χ2n) is 3.42. The normalized spacial score (nSPS) is 16.0. The third-order valence-corrected chi connectivity index (χ3v) is 2.60. The van der Waals surface area contributed by atoms with Gasteiger partial charge in [-0.1, -0.05) is 18.2 Å². The van der Waals surface area contributed by atoms with Crippen LogP contribution in [0.15, 0.2) is 24.3 Å². The van der Waals surface area contributed by atoms with Crippen molar-refractivity contribution >= 4 is 10.9 Å². The molecule has 0 saturated heterocycles. The van der Waals surface area contributed by atoms with E-state index in [2.05, 4.69) is 40.2 Å². The summed E-state index contributed by atoms with van der Waals surface area (Å²) in [6.45, 7) is 3.09. The lowest BCUT2D eigenvalue weighted by atomic mass is 10.2. The summed E-state index contributed by atoms with van der Waals surface area (Å²) >= 11 is 0. The number of fused-ring (bicyclic) bond motifs is 3. The zero-order valence-corrected chi connectivity index (χ0v) is 7.38. The van der Waals surface area contributed by atoms with Gasteiger partial charge in [-0.05, 0) is 6.07 Å². The minimum absolute atomic E-state index is 0.953. The van der Waals surface area contributed by atoms with Crippen molar-refractivity contribution in [3.63, 3.8) is 0 Å². The molecule has 65 valence electrons. The summed E-state index contributed by atoms with van der Waals surface area (Å²) in [7, 11) is 0. The molecule has 0 saturated carbocycles. The fourth-order valence-corrected chi connectivity index (χ4v) is 1.98. The third kappa shape index (κ3) is 0.988. The van der Waals surface area contributed by atoms with E-state index in [4.69, 9.17) is 0 Å². The maximum Gasteiger partial charge on any atom is 0.0489 e. The van der Waals surface area contributed by atoms with Crippen molar-refractivity contribution in [2.45, 2.75) is 13.1 Å². The summed E-state index contributed by atoms with van der Waals surface area (Å²) in [4.78, 5) is 0. The molecule has 13 heavy (non-hydrogen) atoms. The Balaban J connectivity index is 2.34. The Kier molecular flexibility index (Phi) is 1.43. The molecule has 1 aliphatic rings. The average molecular weight is 171 g/mol. The van der Waals surface area contributed by atoms with E-state index in [0.717, 1.165) is 19.6 Å². The van der Waals surface area contributed by atoms with E-state index in [1.165, 1.54) is 16.6 Å². The van der Waals surface area contributed by atoms with Gasteiger partial charge in [-0.2, -0.15) is 0 Å². The molecule has 1 aromatic heterocycles. The van der Waals surface area contributed by atoms with E-state index in [0.29, 0.717) is 0 Å². The zero-order valence-electron chi connectivity index (χ0n) is 7.38. The van der Waals surface area contributed by atoms with Crippen molar-refractivity contribution in [3.8, 4) is 0 Å². The quantitative estimate of drug-likeness (QED) is 0.636. The van der Waals surface area contributed by atoms with Crippen LogP contribution in [0.1, 0.15) is 5.69 Å². The maximum absolute atomic E-state index is 3.42. The fourth-order valence-electron chi connectivity index (χ4n) is 1.98. The number of hydrogen-bond donors (Lipinski definition) is 1. The second-order valence-corrected chi connectivity index (χ2v) is 3.42. The van der Waals surface area contributed by atoms with E-state index in [9.17, 15) is 0 Å².